The fraction of sp³-hybridized carbons (Fsp3) is 0. The third-order valence-corrected chi connectivity index (χ3v) is 7.34. The number of rotatable bonds is 0. The van der Waals surface area contributed by atoms with Crippen LogP contribution in [0.5, 0.6) is 0 Å². The van der Waals surface area contributed by atoms with E-state index in [1.165, 1.54) is 0 Å². The Morgan fingerprint density at radius 2 is 1.05 bits per heavy atom. The number of nitriles is 2. The molecule has 1 heterocycles. The molecule has 0 N–H and O–H groups in total. The summed E-state index contributed by atoms with van der Waals surface area (Å²) in [4.78, 5) is 12.3. The SMILES string of the molecule is [C-]#[N+]/C(C#N)=C1\c2cc3c(nc2-c2c1ccc1ccccc21)-c1c(ccc2ccccc12)/C3=C(/C#N)[N+]#[C-]. The summed E-state index contributed by atoms with van der Waals surface area (Å²) in [5.74, 6) is 0. The summed E-state index contributed by atoms with van der Waals surface area (Å²) in [6.45, 7) is 15.4. The molecule has 4 aromatic carbocycles. The van der Waals surface area contributed by atoms with Gasteiger partial charge in [0.25, 0.3) is 11.4 Å². The molecule has 0 amide bonds. The normalized spacial score (nSPS) is 14.8. The van der Waals surface area contributed by atoms with Crippen LogP contribution in [0.1, 0.15) is 22.3 Å². The van der Waals surface area contributed by atoms with Gasteiger partial charge in [0.15, 0.2) is 0 Å². The Balaban J connectivity index is 1.70. The van der Waals surface area contributed by atoms with E-state index in [1.807, 2.05) is 78.9 Å². The van der Waals surface area contributed by atoms with Crippen molar-refractivity contribution in [3.8, 4) is 34.7 Å². The second-order valence-corrected chi connectivity index (χ2v) is 9.09. The average Bonchev–Trinajstić information content (AvgIpc) is 3.46. The average molecular weight is 480 g/mol. The summed E-state index contributed by atoms with van der Waals surface area (Å²) in [5, 5.41) is 23.8. The zero-order valence-corrected chi connectivity index (χ0v) is 19.7. The molecule has 0 fully saturated rings. The van der Waals surface area contributed by atoms with E-state index in [-0.39, 0.29) is 11.4 Å². The molecule has 0 saturated carbocycles. The number of aromatic nitrogens is 1. The Hall–Kier alpha value is -6.01. The number of fused-ring (bicyclic) bond motifs is 10. The molecule has 1 aromatic heterocycles. The first-order valence-corrected chi connectivity index (χ1v) is 11.8. The number of hydrogen-bond acceptors (Lipinski definition) is 3. The first kappa shape index (κ1) is 21.3. The van der Waals surface area contributed by atoms with Crippen molar-refractivity contribution in [3.05, 3.63) is 135 Å². The highest BCUT2D eigenvalue weighted by molar-refractivity contribution is 6.16. The standard InChI is InChI=1S/C33H13N5/c1-36-26(16-34)28-22-13-11-18-7-3-5-9-20(18)30(22)32-24(28)15-25-29(27(17-35)37-2)23-14-12-19-8-4-6-10-21(19)31(23)33(25)38-32/h3-15H/b28-26-,29-27+. The number of allylic oxidation sites excluding steroid dienone is 2. The van der Waals surface area contributed by atoms with Crippen LogP contribution in [0.3, 0.4) is 0 Å². The molecule has 2 aliphatic carbocycles. The second kappa shape index (κ2) is 7.74. The van der Waals surface area contributed by atoms with Crippen molar-refractivity contribution in [2.24, 2.45) is 0 Å². The molecule has 7 rings (SSSR count). The van der Waals surface area contributed by atoms with Gasteiger partial charge in [-0.05, 0) is 49.9 Å². The minimum Gasteiger partial charge on any atom is -0.247 e. The van der Waals surface area contributed by atoms with E-state index in [1.54, 1.807) is 0 Å². The van der Waals surface area contributed by atoms with Gasteiger partial charge in [0.1, 0.15) is 0 Å². The van der Waals surface area contributed by atoms with Crippen LogP contribution in [0, 0.1) is 35.8 Å². The third kappa shape index (κ3) is 2.62. The van der Waals surface area contributed by atoms with Gasteiger partial charge in [0.2, 0.25) is 0 Å². The zero-order chi connectivity index (χ0) is 26.0. The van der Waals surface area contributed by atoms with Gasteiger partial charge in [-0.25, -0.2) is 25.2 Å². The lowest BCUT2D eigenvalue weighted by Gasteiger charge is -2.09. The highest BCUT2D eigenvalue weighted by Gasteiger charge is 2.36. The molecule has 0 spiro atoms. The molecule has 0 aliphatic heterocycles. The maximum absolute atomic E-state index is 9.89. The van der Waals surface area contributed by atoms with Gasteiger partial charge in [-0.3, -0.25) is 0 Å². The second-order valence-electron chi connectivity index (χ2n) is 9.09. The summed E-state index contributed by atoms with van der Waals surface area (Å²) < 4.78 is 0. The molecule has 5 heteroatoms. The van der Waals surface area contributed by atoms with Crippen molar-refractivity contribution < 1.29 is 0 Å². The fourth-order valence-corrected chi connectivity index (χ4v) is 5.82. The quantitative estimate of drug-likeness (QED) is 0.165. The van der Waals surface area contributed by atoms with Crippen molar-refractivity contribution in [2.45, 2.75) is 0 Å². The van der Waals surface area contributed by atoms with E-state index in [4.69, 9.17) is 18.1 Å². The van der Waals surface area contributed by atoms with E-state index in [9.17, 15) is 10.5 Å². The van der Waals surface area contributed by atoms with Crippen molar-refractivity contribution in [3.63, 3.8) is 0 Å². The van der Waals surface area contributed by atoms with E-state index in [0.717, 1.165) is 43.8 Å². The van der Waals surface area contributed by atoms with Crippen LogP contribution in [-0.4, -0.2) is 4.98 Å². The molecule has 0 atom stereocenters. The van der Waals surface area contributed by atoms with Crippen LogP contribution < -0.4 is 0 Å². The summed E-state index contributed by atoms with van der Waals surface area (Å²) in [5.41, 5.74) is 7.12. The minimum atomic E-state index is -0.0146. The number of nitrogens with zero attached hydrogens (tertiary/aromatic N) is 5. The largest absolute Gasteiger partial charge is 0.270 e. The molecule has 0 saturated heterocycles. The van der Waals surface area contributed by atoms with Gasteiger partial charge in [0, 0.05) is 22.3 Å². The summed E-state index contributed by atoms with van der Waals surface area (Å²) in [6, 6.07) is 30.0. The van der Waals surface area contributed by atoms with Crippen LogP contribution in [0.4, 0.5) is 0 Å². The molecule has 2 aliphatic rings. The first-order valence-electron chi connectivity index (χ1n) is 11.8. The van der Waals surface area contributed by atoms with Crippen LogP contribution in [-0.2, 0) is 0 Å². The van der Waals surface area contributed by atoms with Gasteiger partial charge < -0.3 is 0 Å². The summed E-state index contributed by atoms with van der Waals surface area (Å²) in [6.07, 6.45) is 0. The maximum atomic E-state index is 9.89. The van der Waals surface area contributed by atoms with Crippen molar-refractivity contribution in [1.29, 1.82) is 10.5 Å². The highest BCUT2D eigenvalue weighted by atomic mass is 14.8. The van der Waals surface area contributed by atoms with E-state index < -0.39 is 0 Å². The van der Waals surface area contributed by atoms with Crippen molar-refractivity contribution in [1.82, 2.24) is 4.98 Å². The Kier molecular flexibility index (Phi) is 4.34. The lowest BCUT2D eigenvalue weighted by atomic mass is 9.96. The smallest absolute Gasteiger partial charge is 0.247 e. The Morgan fingerprint density at radius 3 is 1.47 bits per heavy atom. The van der Waals surface area contributed by atoms with Gasteiger partial charge in [0.05, 0.1) is 36.7 Å². The molecule has 5 aromatic rings. The van der Waals surface area contributed by atoms with Gasteiger partial charge >= 0.3 is 0 Å². The Morgan fingerprint density at radius 1 is 0.605 bits per heavy atom. The zero-order valence-electron chi connectivity index (χ0n) is 19.7. The number of pyridine rings is 1. The highest BCUT2D eigenvalue weighted by Crippen LogP contribution is 2.54. The monoisotopic (exact) mass is 479 g/mol. The molecular weight excluding hydrogens is 466 g/mol. The van der Waals surface area contributed by atoms with E-state index >= 15 is 0 Å². The molecular formula is C33H13N5. The molecule has 5 nitrogen and oxygen atoms in total. The first-order chi connectivity index (χ1) is 18.7. The van der Waals surface area contributed by atoms with Crippen LogP contribution in [0.15, 0.2) is 90.3 Å². The molecule has 170 valence electrons. The summed E-state index contributed by atoms with van der Waals surface area (Å²) >= 11 is 0. The number of benzene rings is 4. The maximum Gasteiger partial charge on any atom is 0.270 e. The van der Waals surface area contributed by atoms with Crippen LogP contribution in [0.2, 0.25) is 0 Å². The lowest BCUT2D eigenvalue weighted by molar-refractivity contribution is 1.33. The molecule has 38 heavy (non-hydrogen) atoms. The van der Waals surface area contributed by atoms with E-state index in [0.29, 0.717) is 33.7 Å². The predicted octanol–water partition coefficient (Wildman–Crippen LogP) is 7.75. The fourth-order valence-electron chi connectivity index (χ4n) is 5.82. The topological polar surface area (TPSA) is 69.2 Å². The lowest BCUT2D eigenvalue weighted by Crippen LogP contribution is -1.93. The molecule has 0 bridgehead atoms. The van der Waals surface area contributed by atoms with Crippen LogP contribution >= 0.6 is 0 Å². The third-order valence-electron chi connectivity index (χ3n) is 7.34. The van der Waals surface area contributed by atoms with Crippen molar-refractivity contribution in [2.75, 3.05) is 0 Å². The van der Waals surface area contributed by atoms with Gasteiger partial charge in [-0.15, -0.1) is 0 Å². The van der Waals surface area contributed by atoms with Gasteiger partial charge in [-0.2, -0.15) is 0 Å². The van der Waals surface area contributed by atoms with Crippen LogP contribution in [0.25, 0.3) is 64.9 Å². The Bertz CT molecular complexity index is 1980. The predicted molar refractivity (Wildman–Crippen MR) is 147 cm³/mol. The van der Waals surface area contributed by atoms with Crippen molar-refractivity contribution >= 4 is 32.7 Å². The molecule has 0 radical (unpaired) electrons. The molecule has 0 unspecified atom stereocenters. The summed E-state index contributed by atoms with van der Waals surface area (Å²) in [7, 11) is 0. The van der Waals surface area contributed by atoms with E-state index in [2.05, 4.69) is 21.8 Å². The number of hydrogen-bond donors (Lipinski definition) is 0. The Labute approximate surface area is 218 Å². The minimum absolute atomic E-state index is 0.0146. The van der Waals surface area contributed by atoms with Gasteiger partial charge in [-0.1, -0.05) is 72.8 Å².